The minimum absolute atomic E-state index is 0.118. The molecular weight excluding hydrogens is 342 g/mol. The molecule has 2 heterocycles. The Hall–Kier alpha value is -2.34. The molecule has 0 radical (unpaired) electrons. The first-order valence-electron chi connectivity index (χ1n) is 8.17. The standard InChI is InChI=1S/C18H22ClN3O3/c1-24-15-6-5-13(12-16(15)25-2)17-14-4-3-9-21(14)10-11-22(17)18(23)20-8-7-19/h3-6,9,12,17H,7-8,10-11H2,1-2H3,(H,20,23)/t17-/m1/s1. The maximum absolute atomic E-state index is 12.6. The van der Waals surface area contributed by atoms with Crippen LogP contribution < -0.4 is 14.8 Å². The molecule has 1 aliphatic rings. The maximum atomic E-state index is 12.6. The first-order chi connectivity index (χ1) is 12.2. The maximum Gasteiger partial charge on any atom is 0.318 e. The Labute approximate surface area is 152 Å². The molecule has 1 aromatic carbocycles. The summed E-state index contributed by atoms with van der Waals surface area (Å²) < 4.78 is 12.9. The van der Waals surface area contributed by atoms with Gasteiger partial charge in [0.2, 0.25) is 0 Å². The number of amides is 2. The van der Waals surface area contributed by atoms with E-state index in [4.69, 9.17) is 21.1 Å². The molecule has 1 aromatic heterocycles. The van der Waals surface area contributed by atoms with Crippen molar-refractivity contribution in [1.82, 2.24) is 14.8 Å². The number of rotatable bonds is 5. The number of alkyl halides is 1. The quantitative estimate of drug-likeness (QED) is 0.831. The number of hydrogen-bond donors (Lipinski definition) is 1. The third kappa shape index (κ3) is 3.39. The van der Waals surface area contributed by atoms with Gasteiger partial charge in [-0.1, -0.05) is 6.07 Å². The van der Waals surface area contributed by atoms with Crippen LogP contribution in [0, 0.1) is 0 Å². The lowest BCUT2D eigenvalue weighted by atomic mass is 9.99. The van der Waals surface area contributed by atoms with Crippen molar-refractivity contribution in [2.75, 3.05) is 33.2 Å². The van der Waals surface area contributed by atoms with Crippen molar-refractivity contribution in [3.8, 4) is 11.5 Å². The second-order valence-corrected chi connectivity index (χ2v) is 6.14. The van der Waals surface area contributed by atoms with Gasteiger partial charge in [0.25, 0.3) is 0 Å². The monoisotopic (exact) mass is 363 g/mol. The molecule has 1 atom stereocenters. The van der Waals surface area contributed by atoms with Crippen LogP contribution in [0.2, 0.25) is 0 Å². The van der Waals surface area contributed by atoms with Gasteiger partial charge in [0, 0.05) is 37.4 Å². The second-order valence-electron chi connectivity index (χ2n) is 5.76. The number of methoxy groups -OCH3 is 2. The summed E-state index contributed by atoms with van der Waals surface area (Å²) in [7, 11) is 3.21. The van der Waals surface area contributed by atoms with Crippen LogP contribution in [-0.4, -0.2) is 48.7 Å². The van der Waals surface area contributed by atoms with Crippen molar-refractivity contribution >= 4 is 17.6 Å². The molecular formula is C18H22ClN3O3. The van der Waals surface area contributed by atoms with E-state index in [0.717, 1.165) is 17.8 Å². The van der Waals surface area contributed by atoms with Crippen molar-refractivity contribution in [1.29, 1.82) is 0 Å². The Morgan fingerprint density at radius 1 is 1.24 bits per heavy atom. The Bertz CT molecular complexity index is 747. The van der Waals surface area contributed by atoms with Crippen LogP contribution >= 0.6 is 11.6 Å². The highest BCUT2D eigenvalue weighted by Gasteiger charge is 2.32. The number of carbonyl (C=O) groups is 1. The summed E-state index contributed by atoms with van der Waals surface area (Å²) in [5.41, 5.74) is 2.04. The number of fused-ring (bicyclic) bond motifs is 1. The highest BCUT2D eigenvalue weighted by Crippen LogP contribution is 2.37. The van der Waals surface area contributed by atoms with Crippen LogP contribution in [0.5, 0.6) is 11.5 Å². The Morgan fingerprint density at radius 2 is 2.04 bits per heavy atom. The van der Waals surface area contributed by atoms with Gasteiger partial charge >= 0.3 is 6.03 Å². The second kappa shape index (κ2) is 7.70. The Balaban J connectivity index is 2.00. The number of urea groups is 1. The van der Waals surface area contributed by atoms with Gasteiger partial charge in [-0.2, -0.15) is 0 Å². The van der Waals surface area contributed by atoms with Crippen molar-refractivity contribution < 1.29 is 14.3 Å². The van der Waals surface area contributed by atoms with Crippen LogP contribution in [0.1, 0.15) is 17.3 Å². The zero-order chi connectivity index (χ0) is 17.8. The molecule has 134 valence electrons. The largest absolute Gasteiger partial charge is 0.493 e. The van der Waals surface area contributed by atoms with Crippen LogP contribution in [0.25, 0.3) is 0 Å². The van der Waals surface area contributed by atoms with E-state index in [-0.39, 0.29) is 12.1 Å². The number of aromatic nitrogens is 1. The third-order valence-electron chi connectivity index (χ3n) is 4.39. The molecule has 0 spiro atoms. The molecule has 0 fully saturated rings. The lowest BCUT2D eigenvalue weighted by molar-refractivity contribution is 0.169. The van der Waals surface area contributed by atoms with E-state index in [9.17, 15) is 4.79 Å². The Kier molecular flexibility index (Phi) is 5.38. The number of hydrogen-bond acceptors (Lipinski definition) is 3. The van der Waals surface area contributed by atoms with Gasteiger partial charge in [-0.05, 0) is 29.8 Å². The van der Waals surface area contributed by atoms with E-state index in [1.807, 2.05) is 41.4 Å². The molecule has 1 aliphatic heterocycles. The SMILES string of the molecule is COc1ccc([C@@H]2c3cccn3CCN2C(=O)NCCCl)cc1OC. The van der Waals surface area contributed by atoms with Crippen molar-refractivity contribution in [3.05, 3.63) is 47.8 Å². The number of nitrogens with one attached hydrogen (secondary N) is 1. The van der Waals surface area contributed by atoms with Crippen molar-refractivity contribution in [3.63, 3.8) is 0 Å². The minimum atomic E-state index is -0.195. The summed E-state index contributed by atoms with van der Waals surface area (Å²) in [5, 5.41) is 2.87. The summed E-state index contributed by atoms with van der Waals surface area (Å²) in [5.74, 6) is 1.69. The highest BCUT2D eigenvalue weighted by molar-refractivity contribution is 6.18. The predicted molar refractivity (Wildman–Crippen MR) is 96.6 cm³/mol. The average molecular weight is 364 g/mol. The molecule has 1 N–H and O–H groups in total. The van der Waals surface area contributed by atoms with Crippen LogP contribution in [-0.2, 0) is 6.54 Å². The molecule has 2 amide bonds. The molecule has 0 saturated heterocycles. The highest BCUT2D eigenvalue weighted by atomic mass is 35.5. The topological polar surface area (TPSA) is 55.7 Å². The summed E-state index contributed by atoms with van der Waals surface area (Å²) in [6.07, 6.45) is 2.04. The summed E-state index contributed by atoms with van der Waals surface area (Å²) in [4.78, 5) is 14.5. The van der Waals surface area contributed by atoms with Crippen LogP contribution in [0.15, 0.2) is 36.5 Å². The van der Waals surface area contributed by atoms with Gasteiger partial charge in [-0.3, -0.25) is 0 Å². The van der Waals surface area contributed by atoms with Gasteiger partial charge in [-0.15, -0.1) is 11.6 Å². The lowest BCUT2D eigenvalue weighted by Gasteiger charge is -2.37. The van der Waals surface area contributed by atoms with E-state index >= 15 is 0 Å². The molecule has 7 heteroatoms. The molecule has 2 aromatic rings. The van der Waals surface area contributed by atoms with Gasteiger partial charge in [0.05, 0.1) is 20.3 Å². The van der Waals surface area contributed by atoms with E-state index < -0.39 is 0 Å². The summed E-state index contributed by atoms with van der Waals surface area (Å²) in [6, 6.07) is 9.49. The number of halogens is 1. The van der Waals surface area contributed by atoms with Crippen molar-refractivity contribution in [2.24, 2.45) is 0 Å². The van der Waals surface area contributed by atoms with Crippen LogP contribution in [0.4, 0.5) is 4.79 Å². The predicted octanol–water partition coefficient (Wildman–Crippen LogP) is 2.86. The third-order valence-corrected chi connectivity index (χ3v) is 4.58. The van der Waals surface area contributed by atoms with E-state index in [0.29, 0.717) is 30.5 Å². The molecule has 0 saturated carbocycles. The van der Waals surface area contributed by atoms with Gasteiger partial charge in [0.1, 0.15) is 0 Å². The van der Waals surface area contributed by atoms with Gasteiger partial charge < -0.3 is 24.3 Å². The fourth-order valence-corrected chi connectivity index (χ4v) is 3.33. The molecule has 0 unspecified atom stereocenters. The van der Waals surface area contributed by atoms with Gasteiger partial charge in [-0.25, -0.2) is 4.79 Å². The minimum Gasteiger partial charge on any atom is -0.493 e. The molecule has 25 heavy (non-hydrogen) atoms. The van der Waals surface area contributed by atoms with Gasteiger partial charge in [0.15, 0.2) is 11.5 Å². The number of ether oxygens (including phenoxy) is 2. The average Bonchev–Trinajstić information content (AvgIpc) is 3.13. The van der Waals surface area contributed by atoms with E-state index in [2.05, 4.69) is 9.88 Å². The first kappa shape index (κ1) is 17.5. The fraction of sp³-hybridized carbons (Fsp3) is 0.389. The molecule has 3 rings (SSSR count). The number of carbonyl (C=O) groups excluding carboxylic acids is 1. The normalized spacial score (nSPS) is 16.3. The first-order valence-corrected chi connectivity index (χ1v) is 8.70. The van der Waals surface area contributed by atoms with Crippen LogP contribution in [0.3, 0.4) is 0 Å². The summed E-state index contributed by atoms with van der Waals surface area (Å²) in [6.45, 7) is 1.83. The zero-order valence-electron chi connectivity index (χ0n) is 14.4. The Morgan fingerprint density at radius 3 is 2.76 bits per heavy atom. The smallest absolute Gasteiger partial charge is 0.318 e. The number of nitrogens with zero attached hydrogens (tertiary/aromatic N) is 2. The number of benzene rings is 1. The fourth-order valence-electron chi connectivity index (χ4n) is 3.23. The molecule has 0 aliphatic carbocycles. The van der Waals surface area contributed by atoms with Crippen molar-refractivity contribution in [2.45, 2.75) is 12.6 Å². The van der Waals surface area contributed by atoms with E-state index in [1.54, 1.807) is 14.2 Å². The molecule has 6 nitrogen and oxygen atoms in total. The van der Waals surface area contributed by atoms with E-state index in [1.165, 1.54) is 0 Å². The summed E-state index contributed by atoms with van der Waals surface area (Å²) >= 11 is 5.71. The zero-order valence-corrected chi connectivity index (χ0v) is 15.1. The molecule has 0 bridgehead atoms. The lowest BCUT2D eigenvalue weighted by Crippen LogP contribution is -2.47.